The number of carbonyl (C=O) groups is 1. The normalized spacial score (nSPS) is 16.9. The molecule has 20 heavy (non-hydrogen) atoms. The lowest BCUT2D eigenvalue weighted by atomic mass is 10.2. The second-order valence-corrected chi connectivity index (χ2v) is 5.64. The van der Waals surface area contributed by atoms with Gasteiger partial charge in [0.25, 0.3) is 5.91 Å². The number of anilines is 1. The Balaban J connectivity index is 2.02. The lowest BCUT2D eigenvalue weighted by Gasteiger charge is -2.14. The van der Waals surface area contributed by atoms with E-state index in [2.05, 4.69) is 15.6 Å². The van der Waals surface area contributed by atoms with Crippen molar-refractivity contribution in [3.05, 3.63) is 22.8 Å². The van der Waals surface area contributed by atoms with Gasteiger partial charge in [-0.25, -0.2) is 4.98 Å². The van der Waals surface area contributed by atoms with E-state index in [0.717, 1.165) is 12.8 Å². The first-order valence-electron chi connectivity index (χ1n) is 6.94. The topological polar surface area (TPSA) is 74.2 Å². The Bertz CT molecular complexity index is 475. The van der Waals surface area contributed by atoms with Crippen LogP contribution in [0.1, 0.15) is 43.0 Å². The van der Waals surface area contributed by atoms with Crippen LogP contribution in [0.15, 0.2) is 12.3 Å². The number of aliphatic hydroxyl groups excluding tert-OH is 1. The number of nitrogens with zero attached hydrogens (tertiary/aromatic N) is 1. The van der Waals surface area contributed by atoms with Crippen LogP contribution in [-0.4, -0.2) is 34.7 Å². The molecule has 110 valence electrons. The molecule has 1 fully saturated rings. The number of aliphatic hydroxyl groups is 1. The molecular weight excluding hydrogens is 278 g/mol. The Morgan fingerprint density at radius 3 is 2.85 bits per heavy atom. The summed E-state index contributed by atoms with van der Waals surface area (Å²) in [6, 6.07) is 1.73. The molecular formula is C14H20ClN3O2. The molecule has 0 bridgehead atoms. The summed E-state index contributed by atoms with van der Waals surface area (Å²) >= 11 is 6.10. The van der Waals surface area contributed by atoms with Gasteiger partial charge in [-0.15, -0.1) is 0 Å². The predicted octanol–water partition coefficient (Wildman–Crippen LogP) is 2.20. The summed E-state index contributed by atoms with van der Waals surface area (Å²) in [4.78, 5) is 16.2. The van der Waals surface area contributed by atoms with Gasteiger partial charge in [-0.1, -0.05) is 24.4 Å². The minimum absolute atomic E-state index is 0.0120. The zero-order chi connectivity index (χ0) is 14.5. The van der Waals surface area contributed by atoms with E-state index in [4.69, 9.17) is 16.7 Å². The molecule has 0 spiro atoms. The first-order chi connectivity index (χ1) is 9.60. The molecule has 0 aliphatic heterocycles. The van der Waals surface area contributed by atoms with Crippen molar-refractivity contribution in [2.24, 2.45) is 0 Å². The molecule has 1 aromatic rings. The number of hydrogen-bond donors (Lipinski definition) is 3. The maximum Gasteiger partial charge on any atom is 0.253 e. The van der Waals surface area contributed by atoms with Crippen molar-refractivity contribution in [2.75, 3.05) is 11.9 Å². The van der Waals surface area contributed by atoms with Crippen LogP contribution in [0.5, 0.6) is 0 Å². The van der Waals surface area contributed by atoms with Crippen molar-refractivity contribution in [3.8, 4) is 0 Å². The maximum atomic E-state index is 12.1. The Labute approximate surface area is 123 Å². The largest absolute Gasteiger partial charge is 0.394 e. The van der Waals surface area contributed by atoms with Crippen molar-refractivity contribution < 1.29 is 9.90 Å². The van der Waals surface area contributed by atoms with Gasteiger partial charge >= 0.3 is 0 Å². The summed E-state index contributed by atoms with van der Waals surface area (Å²) < 4.78 is 0. The molecule has 1 aliphatic rings. The Kier molecular flexibility index (Phi) is 5.20. The van der Waals surface area contributed by atoms with Crippen LogP contribution in [0, 0.1) is 0 Å². The highest BCUT2D eigenvalue weighted by atomic mass is 35.5. The first-order valence-corrected chi connectivity index (χ1v) is 7.31. The van der Waals surface area contributed by atoms with E-state index >= 15 is 0 Å². The van der Waals surface area contributed by atoms with Gasteiger partial charge in [0.2, 0.25) is 0 Å². The summed E-state index contributed by atoms with van der Waals surface area (Å²) in [5, 5.41) is 15.3. The zero-order valence-electron chi connectivity index (χ0n) is 11.5. The van der Waals surface area contributed by atoms with E-state index < -0.39 is 0 Å². The maximum absolute atomic E-state index is 12.1. The van der Waals surface area contributed by atoms with Gasteiger partial charge in [0.1, 0.15) is 5.82 Å². The molecule has 0 saturated heterocycles. The third kappa shape index (κ3) is 3.84. The van der Waals surface area contributed by atoms with Crippen molar-refractivity contribution in [3.63, 3.8) is 0 Å². The fourth-order valence-corrected chi connectivity index (χ4v) is 2.51. The van der Waals surface area contributed by atoms with Crippen LogP contribution in [0.2, 0.25) is 5.02 Å². The highest BCUT2D eigenvalue weighted by Crippen LogP contribution is 2.22. The van der Waals surface area contributed by atoms with Crippen LogP contribution in [0.3, 0.4) is 0 Å². The Morgan fingerprint density at radius 2 is 2.25 bits per heavy atom. The average Bonchev–Trinajstić information content (AvgIpc) is 2.93. The molecule has 1 unspecified atom stereocenters. The molecule has 1 amide bonds. The SMILES string of the molecule is CC(CO)Nc1ncc(C(=O)NC2CCCC2)cc1Cl. The molecule has 1 aliphatic carbocycles. The number of amides is 1. The highest BCUT2D eigenvalue weighted by Gasteiger charge is 2.19. The van der Waals surface area contributed by atoms with Crippen molar-refractivity contribution in [1.29, 1.82) is 0 Å². The van der Waals surface area contributed by atoms with E-state index in [0.29, 0.717) is 16.4 Å². The van der Waals surface area contributed by atoms with Crippen LogP contribution < -0.4 is 10.6 Å². The van der Waals surface area contributed by atoms with Gasteiger partial charge < -0.3 is 15.7 Å². The third-order valence-corrected chi connectivity index (χ3v) is 3.74. The van der Waals surface area contributed by atoms with Gasteiger partial charge in [0.15, 0.2) is 0 Å². The van der Waals surface area contributed by atoms with Gasteiger partial charge in [-0.05, 0) is 25.8 Å². The molecule has 1 heterocycles. The lowest BCUT2D eigenvalue weighted by Crippen LogP contribution is -2.32. The smallest absolute Gasteiger partial charge is 0.253 e. The van der Waals surface area contributed by atoms with E-state index in [9.17, 15) is 4.79 Å². The molecule has 5 nitrogen and oxygen atoms in total. The van der Waals surface area contributed by atoms with Crippen molar-refractivity contribution in [2.45, 2.75) is 44.7 Å². The second-order valence-electron chi connectivity index (χ2n) is 5.24. The first kappa shape index (κ1) is 15.1. The number of aromatic nitrogens is 1. The molecule has 2 rings (SSSR count). The van der Waals surface area contributed by atoms with Crippen LogP contribution in [0.4, 0.5) is 5.82 Å². The highest BCUT2D eigenvalue weighted by molar-refractivity contribution is 6.33. The summed E-state index contributed by atoms with van der Waals surface area (Å²) in [6.45, 7) is 1.81. The van der Waals surface area contributed by atoms with Crippen LogP contribution in [-0.2, 0) is 0 Å². The fourth-order valence-electron chi connectivity index (χ4n) is 2.29. The summed E-state index contributed by atoms with van der Waals surface area (Å²) in [6.07, 6.45) is 5.93. The van der Waals surface area contributed by atoms with Gasteiger partial charge in [-0.3, -0.25) is 4.79 Å². The number of carbonyl (C=O) groups excluding carboxylic acids is 1. The second kappa shape index (κ2) is 6.90. The summed E-state index contributed by atoms with van der Waals surface area (Å²) in [7, 11) is 0. The molecule has 0 radical (unpaired) electrons. The number of nitrogens with one attached hydrogen (secondary N) is 2. The van der Waals surface area contributed by atoms with Gasteiger partial charge in [0.05, 0.1) is 17.2 Å². The van der Waals surface area contributed by atoms with Crippen molar-refractivity contribution in [1.82, 2.24) is 10.3 Å². The van der Waals surface area contributed by atoms with Gasteiger partial charge in [0, 0.05) is 18.3 Å². The quantitative estimate of drug-likeness (QED) is 0.779. The number of halogens is 1. The molecule has 1 aromatic heterocycles. The number of pyridine rings is 1. The van der Waals surface area contributed by atoms with E-state index in [1.165, 1.54) is 19.0 Å². The van der Waals surface area contributed by atoms with E-state index in [1.807, 2.05) is 6.92 Å². The average molecular weight is 298 g/mol. The van der Waals surface area contributed by atoms with E-state index in [-0.39, 0.29) is 24.6 Å². The summed E-state index contributed by atoms with van der Waals surface area (Å²) in [5.74, 6) is 0.346. The standard InChI is InChI=1S/C14H20ClN3O2/c1-9(8-19)17-13-12(15)6-10(7-16-13)14(20)18-11-4-2-3-5-11/h6-7,9,11,19H,2-5,8H2,1H3,(H,16,17)(H,18,20). The van der Waals surface area contributed by atoms with Crippen LogP contribution in [0.25, 0.3) is 0 Å². The number of hydrogen-bond acceptors (Lipinski definition) is 4. The monoisotopic (exact) mass is 297 g/mol. The molecule has 0 aromatic carbocycles. The Morgan fingerprint density at radius 1 is 1.55 bits per heavy atom. The van der Waals surface area contributed by atoms with E-state index in [1.54, 1.807) is 6.07 Å². The molecule has 3 N–H and O–H groups in total. The molecule has 1 atom stereocenters. The minimum Gasteiger partial charge on any atom is -0.394 e. The van der Waals surface area contributed by atoms with Gasteiger partial charge in [-0.2, -0.15) is 0 Å². The number of rotatable bonds is 5. The third-order valence-electron chi connectivity index (χ3n) is 3.45. The van der Waals surface area contributed by atoms with Crippen LogP contribution >= 0.6 is 11.6 Å². The predicted molar refractivity (Wildman–Crippen MR) is 79.1 cm³/mol. The Hall–Kier alpha value is -1.33. The van der Waals surface area contributed by atoms with Crippen molar-refractivity contribution >= 4 is 23.3 Å². The fraction of sp³-hybridized carbons (Fsp3) is 0.571. The summed E-state index contributed by atoms with van der Waals surface area (Å²) in [5.41, 5.74) is 0.462. The molecule has 6 heteroatoms. The molecule has 1 saturated carbocycles. The minimum atomic E-state index is -0.141. The lowest BCUT2D eigenvalue weighted by molar-refractivity contribution is 0.0937. The zero-order valence-corrected chi connectivity index (χ0v) is 12.3.